The summed E-state index contributed by atoms with van der Waals surface area (Å²) in [6.45, 7) is -0.0990. The molecule has 29 heavy (non-hydrogen) atoms. The summed E-state index contributed by atoms with van der Waals surface area (Å²) in [6, 6.07) is 24.3. The second-order valence-electron chi connectivity index (χ2n) is 6.65. The van der Waals surface area contributed by atoms with Crippen LogP contribution in [0.5, 0.6) is 5.75 Å². The van der Waals surface area contributed by atoms with E-state index in [9.17, 15) is 9.59 Å². The number of benzene rings is 3. The first-order valence-electron chi connectivity index (χ1n) is 9.25. The molecule has 0 saturated heterocycles. The SMILES string of the molecule is NC(=O)c1ccc(OCC(=O)N2c3ccccc3SC[C@@H]2c2ccccc2)cc1. The molecule has 0 aliphatic carbocycles. The number of carbonyl (C=O) groups is 2. The summed E-state index contributed by atoms with van der Waals surface area (Å²) in [5, 5.41) is 0. The van der Waals surface area contributed by atoms with Gasteiger partial charge in [0.2, 0.25) is 5.91 Å². The lowest BCUT2D eigenvalue weighted by molar-refractivity contribution is -0.121. The van der Waals surface area contributed by atoms with Crippen molar-refractivity contribution in [2.24, 2.45) is 5.73 Å². The van der Waals surface area contributed by atoms with E-state index in [1.807, 2.05) is 59.5 Å². The third kappa shape index (κ3) is 4.12. The molecule has 2 amide bonds. The summed E-state index contributed by atoms with van der Waals surface area (Å²) in [5.74, 6) is 0.672. The van der Waals surface area contributed by atoms with E-state index in [2.05, 4.69) is 0 Å². The van der Waals surface area contributed by atoms with Gasteiger partial charge >= 0.3 is 0 Å². The van der Waals surface area contributed by atoms with Crippen LogP contribution in [0.25, 0.3) is 0 Å². The Morgan fingerprint density at radius 1 is 0.966 bits per heavy atom. The molecule has 0 spiro atoms. The maximum Gasteiger partial charge on any atom is 0.265 e. The maximum absolute atomic E-state index is 13.2. The fourth-order valence-corrected chi connectivity index (χ4v) is 4.52. The Balaban J connectivity index is 1.57. The number of thioether (sulfide) groups is 1. The minimum atomic E-state index is -0.499. The molecule has 1 aliphatic heterocycles. The molecule has 3 aromatic rings. The van der Waals surface area contributed by atoms with Gasteiger partial charge in [-0.05, 0) is 42.0 Å². The second-order valence-corrected chi connectivity index (χ2v) is 7.71. The fraction of sp³-hybridized carbons (Fsp3) is 0.130. The molecule has 6 heteroatoms. The van der Waals surface area contributed by atoms with Gasteiger partial charge in [-0.3, -0.25) is 14.5 Å². The van der Waals surface area contributed by atoms with E-state index in [4.69, 9.17) is 10.5 Å². The number of nitrogens with zero attached hydrogens (tertiary/aromatic N) is 1. The van der Waals surface area contributed by atoms with Crippen molar-refractivity contribution in [3.63, 3.8) is 0 Å². The van der Waals surface area contributed by atoms with Crippen LogP contribution in [0, 0.1) is 0 Å². The number of carbonyl (C=O) groups excluding carboxylic acids is 2. The molecule has 0 saturated carbocycles. The molecular formula is C23H20N2O3S. The molecule has 0 radical (unpaired) electrons. The van der Waals surface area contributed by atoms with E-state index in [1.54, 1.807) is 36.0 Å². The first-order valence-corrected chi connectivity index (χ1v) is 10.2. The third-order valence-electron chi connectivity index (χ3n) is 4.79. The van der Waals surface area contributed by atoms with Crippen LogP contribution in [-0.4, -0.2) is 24.2 Å². The summed E-state index contributed by atoms with van der Waals surface area (Å²) in [4.78, 5) is 27.3. The topological polar surface area (TPSA) is 72.6 Å². The molecular weight excluding hydrogens is 384 g/mol. The molecule has 3 aromatic carbocycles. The van der Waals surface area contributed by atoms with Gasteiger partial charge in [-0.2, -0.15) is 0 Å². The highest BCUT2D eigenvalue weighted by atomic mass is 32.2. The zero-order valence-electron chi connectivity index (χ0n) is 15.7. The lowest BCUT2D eigenvalue weighted by atomic mass is 10.1. The molecule has 1 aliphatic rings. The summed E-state index contributed by atoms with van der Waals surface area (Å²) in [7, 11) is 0. The normalized spacial score (nSPS) is 15.4. The van der Waals surface area contributed by atoms with Crippen molar-refractivity contribution in [3.05, 3.63) is 90.0 Å². The lowest BCUT2D eigenvalue weighted by Gasteiger charge is -2.37. The van der Waals surface area contributed by atoms with Crippen molar-refractivity contribution < 1.29 is 14.3 Å². The van der Waals surface area contributed by atoms with Crippen LogP contribution in [-0.2, 0) is 4.79 Å². The molecule has 0 aromatic heterocycles. The predicted octanol–water partition coefficient (Wildman–Crippen LogP) is 4.04. The van der Waals surface area contributed by atoms with E-state index in [-0.39, 0.29) is 18.6 Å². The molecule has 1 atom stereocenters. The largest absolute Gasteiger partial charge is 0.484 e. The number of para-hydroxylation sites is 1. The van der Waals surface area contributed by atoms with E-state index >= 15 is 0 Å². The number of rotatable bonds is 5. The van der Waals surface area contributed by atoms with Crippen molar-refractivity contribution in [1.82, 2.24) is 0 Å². The molecule has 146 valence electrons. The average molecular weight is 404 g/mol. The van der Waals surface area contributed by atoms with E-state index < -0.39 is 5.91 Å². The molecule has 0 bridgehead atoms. The Labute approximate surface area is 173 Å². The quantitative estimate of drug-likeness (QED) is 0.696. The van der Waals surface area contributed by atoms with Gasteiger partial charge in [-0.15, -0.1) is 11.8 Å². The smallest absolute Gasteiger partial charge is 0.265 e. The van der Waals surface area contributed by atoms with Gasteiger partial charge < -0.3 is 10.5 Å². The number of fused-ring (bicyclic) bond motifs is 1. The number of ether oxygens (including phenoxy) is 1. The lowest BCUT2D eigenvalue weighted by Crippen LogP contribution is -2.41. The highest BCUT2D eigenvalue weighted by molar-refractivity contribution is 7.99. The van der Waals surface area contributed by atoms with Crippen LogP contribution in [0.4, 0.5) is 5.69 Å². The Kier molecular flexibility index (Phi) is 5.53. The van der Waals surface area contributed by atoms with Gasteiger partial charge in [-0.25, -0.2) is 0 Å². The zero-order valence-corrected chi connectivity index (χ0v) is 16.5. The minimum absolute atomic E-state index is 0.0653. The van der Waals surface area contributed by atoms with Crippen molar-refractivity contribution in [2.45, 2.75) is 10.9 Å². The number of primary amides is 1. The number of hydrogen-bond acceptors (Lipinski definition) is 4. The number of amides is 2. The predicted molar refractivity (Wildman–Crippen MR) is 114 cm³/mol. The first kappa shape index (κ1) is 19.1. The van der Waals surface area contributed by atoms with Crippen LogP contribution in [0.2, 0.25) is 0 Å². The summed E-state index contributed by atoms with van der Waals surface area (Å²) in [5.41, 5.74) is 7.64. The molecule has 5 nitrogen and oxygen atoms in total. The average Bonchev–Trinajstić information content (AvgIpc) is 2.77. The second kappa shape index (κ2) is 8.41. The highest BCUT2D eigenvalue weighted by Gasteiger charge is 2.32. The van der Waals surface area contributed by atoms with Crippen LogP contribution in [0.1, 0.15) is 22.0 Å². The highest BCUT2D eigenvalue weighted by Crippen LogP contribution is 2.43. The van der Waals surface area contributed by atoms with Crippen LogP contribution in [0.15, 0.2) is 83.8 Å². The van der Waals surface area contributed by atoms with Gasteiger partial charge in [-0.1, -0.05) is 42.5 Å². The van der Waals surface area contributed by atoms with E-state index in [1.165, 1.54) is 0 Å². The van der Waals surface area contributed by atoms with Crippen LogP contribution in [0.3, 0.4) is 0 Å². The molecule has 1 heterocycles. The summed E-state index contributed by atoms with van der Waals surface area (Å²) < 4.78 is 5.70. The molecule has 2 N–H and O–H groups in total. The maximum atomic E-state index is 13.2. The van der Waals surface area contributed by atoms with Crippen molar-refractivity contribution in [2.75, 3.05) is 17.3 Å². The van der Waals surface area contributed by atoms with Gasteiger partial charge in [0, 0.05) is 16.2 Å². The molecule has 0 unspecified atom stereocenters. The Morgan fingerprint density at radius 3 is 2.38 bits per heavy atom. The Bertz CT molecular complexity index is 1020. The Morgan fingerprint density at radius 2 is 1.66 bits per heavy atom. The van der Waals surface area contributed by atoms with Gasteiger partial charge in [0.25, 0.3) is 5.91 Å². The van der Waals surface area contributed by atoms with Crippen LogP contribution >= 0.6 is 11.8 Å². The fourth-order valence-electron chi connectivity index (χ4n) is 3.35. The number of hydrogen-bond donors (Lipinski definition) is 1. The Hall–Kier alpha value is -3.25. The van der Waals surface area contributed by atoms with E-state index in [0.29, 0.717) is 11.3 Å². The standard InChI is InChI=1S/C23H20N2O3S/c24-23(27)17-10-12-18(13-11-17)28-14-22(26)25-19-8-4-5-9-21(19)29-15-20(25)16-6-2-1-3-7-16/h1-13,20H,14-15H2,(H2,24,27)/t20-/m1/s1. The molecule has 4 rings (SSSR count). The molecule has 0 fully saturated rings. The number of nitrogens with two attached hydrogens (primary N) is 1. The van der Waals surface area contributed by atoms with Crippen molar-refractivity contribution in [1.29, 1.82) is 0 Å². The van der Waals surface area contributed by atoms with Crippen molar-refractivity contribution >= 4 is 29.3 Å². The zero-order chi connectivity index (χ0) is 20.2. The van der Waals surface area contributed by atoms with Gasteiger partial charge in [0.1, 0.15) is 5.75 Å². The third-order valence-corrected chi connectivity index (χ3v) is 5.93. The number of anilines is 1. The minimum Gasteiger partial charge on any atom is -0.484 e. The monoisotopic (exact) mass is 404 g/mol. The van der Waals surface area contributed by atoms with E-state index in [0.717, 1.165) is 21.9 Å². The summed E-state index contributed by atoms with van der Waals surface area (Å²) in [6.07, 6.45) is 0. The van der Waals surface area contributed by atoms with Crippen LogP contribution < -0.4 is 15.4 Å². The van der Waals surface area contributed by atoms with Gasteiger partial charge in [0.15, 0.2) is 6.61 Å². The first-order chi connectivity index (χ1) is 14.1. The summed E-state index contributed by atoms with van der Waals surface area (Å²) >= 11 is 1.75. The van der Waals surface area contributed by atoms with Crippen molar-refractivity contribution in [3.8, 4) is 5.75 Å². The van der Waals surface area contributed by atoms with Gasteiger partial charge in [0.05, 0.1) is 11.7 Å².